The van der Waals surface area contributed by atoms with Crippen LogP contribution in [0.2, 0.25) is 0 Å². The molecule has 0 saturated heterocycles. The van der Waals surface area contributed by atoms with E-state index in [1.165, 1.54) is 161 Å². The van der Waals surface area contributed by atoms with Gasteiger partial charge < -0.3 is 14.2 Å². The molecule has 0 saturated carbocycles. The second-order valence-electron chi connectivity index (χ2n) is 18.9. The smallest absolute Gasteiger partial charge is 0.306 e. The molecule has 1 atom stereocenters. The Morgan fingerprint density at radius 1 is 0.313 bits per heavy atom. The quantitative estimate of drug-likeness (QED) is 0.0199. The van der Waals surface area contributed by atoms with E-state index in [0.717, 1.165) is 77.0 Å². The van der Waals surface area contributed by atoms with E-state index >= 15 is 0 Å². The molecule has 6 heteroatoms. The van der Waals surface area contributed by atoms with Crippen LogP contribution >= 0.6 is 0 Å². The normalized spacial score (nSPS) is 12.6. The van der Waals surface area contributed by atoms with Crippen molar-refractivity contribution >= 4 is 17.9 Å². The molecule has 0 aliphatic carbocycles. The van der Waals surface area contributed by atoms with Gasteiger partial charge in [0.15, 0.2) is 6.10 Å². The van der Waals surface area contributed by atoms with Crippen LogP contribution in [0.25, 0.3) is 0 Å². The summed E-state index contributed by atoms with van der Waals surface area (Å²) in [6.07, 6.45) is 70.3. The Morgan fingerprint density at radius 2 is 0.597 bits per heavy atom. The molecule has 0 aliphatic heterocycles. The Hall–Kier alpha value is -3.15. The van der Waals surface area contributed by atoms with E-state index in [-0.39, 0.29) is 31.1 Å². The Morgan fingerprint density at radius 3 is 0.985 bits per heavy atom. The number of unbranched alkanes of at least 4 members (excludes halogenated alkanes) is 31. The minimum Gasteiger partial charge on any atom is -0.462 e. The second-order valence-corrected chi connectivity index (χ2v) is 18.9. The number of allylic oxidation sites excluding steroid dienone is 12. The Bertz CT molecular complexity index is 1260. The Balaban J connectivity index is 4.39. The molecule has 0 aliphatic rings. The van der Waals surface area contributed by atoms with Gasteiger partial charge in [0, 0.05) is 19.3 Å². The highest BCUT2D eigenvalue weighted by Crippen LogP contribution is 2.15. The van der Waals surface area contributed by atoms with Crippen molar-refractivity contribution in [3.63, 3.8) is 0 Å². The number of esters is 3. The fourth-order valence-corrected chi connectivity index (χ4v) is 7.96. The zero-order valence-electron chi connectivity index (χ0n) is 44.2. The predicted molar refractivity (Wildman–Crippen MR) is 288 cm³/mol. The zero-order valence-corrected chi connectivity index (χ0v) is 44.2. The molecule has 0 aromatic heterocycles. The van der Waals surface area contributed by atoms with E-state index in [2.05, 4.69) is 93.7 Å². The highest BCUT2D eigenvalue weighted by molar-refractivity contribution is 5.71. The van der Waals surface area contributed by atoms with Gasteiger partial charge in [-0.25, -0.2) is 0 Å². The summed E-state index contributed by atoms with van der Waals surface area (Å²) in [7, 11) is 0. The van der Waals surface area contributed by atoms with Crippen LogP contribution in [0.1, 0.15) is 278 Å². The molecule has 0 radical (unpaired) electrons. The molecular formula is C61H106O6. The SMILES string of the molecule is CC\C=C/C=C\C=C/CCCCCCCCCC(=O)OC(COC(=O)CCCCCCCC/C=C\C=C/CCCCC)COC(=O)CCCCCCCCC/C=C\CCCCCCCCCC. The summed E-state index contributed by atoms with van der Waals surface area (Å²) >= 11 is 0. The highest BCUT2D eigenvalue weighted by atomic mass is 16.6. The number of hydrogen-bond acceptors (Lipinski definition) is 6. The van der Waals surface area contributed by atoms with Gasteiger partial charge in [0.05, 0.1) is 0 Å². The summed E-state index contributed by atoms with van der Waals surface area (Å²) in [6, 6.07) is 0. The topological polar surface area (TPSA) is 78.9 Å². The monoisotopic (exact) mass is 935 g/mol. The number of rotatable bonds is 51. The lowest BCUT2D eigenvalue weighted by atomic mass is 10.1. The number of ether oxygens (including phenoxy) is 3. The van der Waals surface area contributed by atoms with Gasteiger partial charge in [0.2, 0.25) is 0 Å². The third-order valence-corrected chi connectivity index (χ3v) is 12.3. The van der Waals surface area contributed by atoms with Crippen molar-refractivity contribution in [3.05, 3.63) is 72.9 Å². The maximum atomic E-state index is 12.8. The average molecular weight is 936 g/mol. The summed E-state index contributed by atoms with van der Waals surface area (Å²) in [5.74, 6) is -0.907. The van der Waals surface area contributed by atoms with Crippen LogP contribution < -0.4 is 0 Å². The van der Waals surface area contributed by atoms with Gasteiger partial charge in [-0.3, -0.25) is 14.4 Å². The van der Waals surface area contributed by atoms with Gasteiger partial charge in [0.1, 0.15) is 13.2 Å². The maximum absolute atomic E-state index is 12.8. The molecule has 0 heterocycles. The summed E-state index contributed by atoms with van der Waals surface area (Å²) in [4.78, 5) is 38.1. The van der Waals surface area contributed by atoms with Crippen LogP contribution in [0.4, 0.5) is 0 Å². The van der Waals surface area contributed by atoms with E-state index in [1.807, 2.05) is 0 Å². The van der Waals surface area contributed by atoms with Gasteiger partial charge in [-0.1, -0.05) is 241 Å². The third-order valence-electron chi connectivity index (χ3n) is 12.3. The van der Waals surface area contributed by atoms with E-state index in [1.54, 1.807) is 0 Å². The highest BCUT2D eigenvalue weighted by Gasteiger charge is 2.19. The second kappa shape index (κ2) is 55.4. The van der Waals surface area contributed by atoms with Crippen LogP contribution in [-0.2, 0) is 28.6 Å². The Kier molecular flexibility index (Phi) is 52.8. The molecule has 0 spiro atoms. The average Bonchev–Trinajstić information content (AvgIpc) is 3.33. The predicted octanol–water partition coefficient (Wildman–Crippen LogP) is 19.0. The number of hydrogen-bond donors (Lipinski definition) is 0. The largest absolute Gasteiger partial charge is 0.462 e. The molecule has 386 valence electrons. The maximum Gasteiger partial charge on any atom is 0.306 e. The van der Waals surface area contributed by atoms with Gasteiger partial charge in [0.25, 0.3) is 0 Å². The molecule has 0 aromatic carbocycles. The van der Waals surface area contributed by atoms with Crippen molar-refractivity contribution in [1.82, 2.24) is 0 Å². The van der Waals surface area contributed by atoms with Gasteiger partial charge in [-0.2, -0.15) is 0 Å². The van der Waals surface area contributed by atoms with Crippen LogP contribution in [0, 0.1) is 0 Å². The lowest BCUT2D eigenvalue weighted by molar-refractivity contribution is -0.167. The molecule has 0 amide bonds. The van der Waals surface area contributed by atoms with E-state index in [9.17, 15) is 14.4 Å². The number of carbonyl (C=O) groups excluding carboxylic acids is 3. The molecular weight excluding hydrogens is 829 g/mol. The third kappa shape index (κ3) is 53.7. The molecule has 67 heavy (non-hydrogen) atoms. The summed E-state index contributed by atoms with van der Waals surface area (Å²) in [5.41, 5.74) is 0. The van der Waals surface area contributed by atoms with Crippen LogP contribution in [-0.4, -0.2) is 37.2 Å². The zero-order chi connectivity index (χ0) is 48.6. The summed E-state index contributed by atoms with van der Waals surface area (Å²) in [6.45, 7) is 6.47. The number of carbonyl (C=O) groups is 3. The van der Waals surface area contributed by atoms with Crippen molar-refractivity contribution in [2.24, 2.45) is 0 Å². The molecule has 1 unspecified atom stereocenters. The molecule has 0 bridgehead atoms. The minimum absolute atomic E-state index is 0.0861. The van der Waals surface area contributed by atoms with E-state index in [0.29, 0.717) is 19.3 Å². The summed E-state index contributed by atoms with van der Waals surface area (Å²) in [5, 5.41) is 0. The lowest BCUT2D eigenvalue weighted by Gasteiger charge is -2.18. The fourth-order valence-electron chi connectivity index (χ4n) is 7.96. The fraction of sp³-hybridized carbons (Fsp3) is 0.754. The molecule has 0 N–H and O–H groups in total. The van der Waals surface area contributed by atoms with E-state index < -0.39 is 6.10 Å². The van der Waals surface area contributed by atoms with Gasteiger partial charge in [-0.05, 0) is 89.9 Å². The molecule has 6 nitrogen and oxygen atoms in total. The van der Waals surface area contributed by atoms with Crippen molar-refractivity contribution in [2.45, 2.75) is 284 Å². The standard InChI is InChI=1S/C61H106O6/c1-4-7-10-13-16-19-22-25-28-29-30-31-34-36-39-42-45-48-51-54-60(63)66-57-58(67-61(64)55-52-49-46-43-40-37-33-27-24-21-18-15-12-9-6-3)56-65-59(62)53-50-47-44-41-38-35-32-26-23-20-17-14-11-8-5-2/h9,12,15,17-18,20-21,23-24,26,29-30,58H,4-8,10-11,13-14,16,19,22,25,27-28,31-57H2,1-3H3/b12-9-,18-15-,20-17-,24-21-,26-23-,30-29-. The Labute approximate surface area is 414 Å². The first-order valence-corrected chi connectivity index (χ1v) is 28.5. The van der Waals surface area contributed by atoms with Gasteiger partial charge >= 0.3 is 17.9 Å². The van der Waals surface area contributed by atoms with Crippen LogP contribution in [0.15, 0.2) is 72.9 Å². The molecule has 0 fully saturated rings. The first-order chi connectivity index (χ1) is 33.0. The van der Waals surface area contributed by atoms with Crippen molar-refractivity contribution < 1.29 is 28.6 Å². The minimum atomic E-state index is -0.789. The molecule has 0 rings (SSSR count). The summed E-state index contributed by atoms with van der Waals surface area (Å²) < 4.78 is 16.8. The van der Waals surface area contributed by atoms with Crippen molar-refractivity contribution in [1.29, 1.82) is 0 Å². The molecule has 0 aromatic rings. The first-order valence-electron chi connectivity index (χ1n) is 28.5. The van der Waals surface area contributed by atoms with Crippen LogP contribution in [0.3, 0.4) is 0 Å². The lowest BCUT2D eigenvalue weighted by Crippen LogP contribution is -2.30. The van der Waals surface area contributed by atoms with Crippen molar-refractivity contribution in [2.75, 3.05) is 13.2 Å². The van der Waals surface area contributed by atoms with Crippen LogP contribution in [0.5, 0.6) is 0 Å². The first kappa shape index (κ1) is 63.8. The van der Waals surface area contributed by atoms with E-state index in [4.69, 9.17) is 14.2 Å². The van der Waals surface area contributed by atoms with Crippen molar-refractivity contribution in [3.8, 4) is 0 Å². The van der Waals surface area contributed by atoms with Gasteiger partial charge in [-0.15, -0.1) is 0 Å².